The lowest BCUT2D eigenvalue weighted by Crippen LogP contribution is -2.53. The van der Waals surface area contributed by atoms with Crippen molar-refractivity contribution in [2.45, 2.75) is 62.9 Å². The quantitative estimate of drug-likeness (QED) is 0.520. The number of amides is 3. The van der Waals surface area contributed by atoms with Gasteiger partial charge in [0.25, 0.3) is 0 Å². The lowest BCUT2D eigenvalue weighted by molar-refractivity contribution is -0.125. The summed E-state index contributed by atoms with van der Waals surface area (Å²) in [6.45, 7) is 0.0247. The molecular weight excluding hydrogens is 377 g/mol. The summed E-state index contributed by atoms with van der Waals surface area (Å²) in [5.74, 6) is -0.540. The molecule has 0 bridgehead atoms. The van der Waals surface area contributed by atoms with Crippen molar-refractivity contribution in [2.75, 3.05) is 6.61 Å². The van der Waals surface area contributed by atoms with Gasteiger partial charge in [0, 0.05) is 12.6 Å². The molecule has 8 heteroatoms. The maximum Gasteiger partial charge on any atom is 0.315 e. The number of benzene rings is 1. The first kappa shape index (κ1) is 21.3. The van der Waals surface area contributed by atoms with Crippen molar-refractivity contribution in [2.24, 2.45) is 0 Å². The number of aliphatic hydroxyl groups excluding tert-OH is 1. The standard InChI is InChI=1S/C21H28FN3O4/c22-15-7-5-14(6-8-15)12-23-20(27)11-17-9-10-18(19(13-26)29-17)25-21(28)24-16-3-1-2-4-16/h5-10,16-19,26H,1-4,11-13H2,(H,23,27)(H2,24,25,28)/t17-,18+,19-/m1/s1. The Labute approximate surface area is 169 Å². The molecule has 0 spiro atoms. The molecule has 1 saturated carbocycles. The highest BCUT2D eigenvalue weighted by Gasteiger charge is 2.29. The second-order valence-corrected chi connectivity index (χ2v) is 7.51. The fourth-order valence-electron chi connectivity index (χ4n) is 3.64. The largest absolute Gasteiger partial charge is 0.394 e. The molecule has 0 saturated heterocycles. The van der Waals surface area contributed by atoms with Crippen LogP contribution in [0.15, 0.2) is 36.4 Å². The number of nitrogens with one attached hydrogen (secondary N) is 3. The van der Waals surface area contributed by atoms with Crippen molar-refractivity contribution in [1.29, 1.82) is 0 Å². The Morgan fingerprint density at radius 1 is 1.10 bits per heavy atom. The van der Waals surface area contributed by atoms with E-state index in [2.05, 4.69) is 16.0 Å². The van der Waals surface area contributed by atoms with Crippen LogP contribution < -0.4 is 16.0 Å². The van der Waals surface area contributed by atoms with Gasteiger partial charge in [0.15, 0.2) is 0 Å². The second kappa shape index (κ2) is 10.4. The predicted octanol–water partition coefficient (Wildman–Crippen LogP) is 1.76. The average Bonchev–Trinajstić information content (AvgIpc) is 3.21. The number of carbonyl (C=O) groups excluding carboxylic acids is 2. The molecule has 0 radical (unpaired) electrons. The summed E-state index contributed by atoms with van der Waals surface area (Å²) >= 11 is 0. The van der Waals surface area contributed by atoms with E-state index in [4.69, 9.17) is 4.74 Å². The van der Waals surface area contributed by atoms with E-state index in [-0.39, 0.29) is 36.8 Å². The summed E-state index contributed by atoms with van der Waals surface area (Å²) in [5, 5.41) is 18.1. The van der Waals surface area contributed by atoms with E-state index >= 15 is 0 Å². The molecule has 1 aromatic carbocycles. The molecule has 3 atom stereocenters. The van der Waals surface area contributed by atoms with Gasteiger partial charge in [-0.3, -0.25) is 4.79 Å². The number of halogens is 1. The summed E-state index contributed by atoms with van der Waals surface area (Å²) < 4.78 is 18.7. The molecular formula is C21H28FN3O4. The molecule has 0 unspecified atom stereocenters. The summed E-state index contributed by atoms with van der Waals surface area (Å²) in [5.41, 5.74) is 0.797. The van der Waals surface area contributed by atoms with E-state index in [1.165, 1.54) is 12.1 Å². The van der Waals surface area contributed by atoms with Crippen LogP contribution >= 0.6 is 0 Å². The topological polar surface area (TPSA) is 99.7 Å². The van der Waals surface area contributed by atoms with E-state index in [9.17, 15) is 19.1 Å². The molecule has 2 aliphatic rings. The van der Waals surface area contributed by atoms with E-state index in [0.29, 0.717) is 6.54 Å². The van der Waals surface area contributed by atoms with Gasteiger partial charge in [-0.05, 0) is 30.5 Å². The number of hydrogen-bond acceptors (Lipinski definition) is 4. The van der Waals surface area contributed by atoms with E-state index in [0.717, 1.165) is 31.2 Å². The zero-order valence-corrected chi connectivity index (χ0v) is 16.3. The van der Waals surface area contributed by atoms with Gasteiger partial charge in [-0.2, -0.15) is 0 Å². The summed E-state index contributed by atoms with van der Waals surface area (Å²) in [7, 11) is 0. The highest BCUT2D eigenvalue weighted by molar-refractivity contribution is 5.77. The molecule has 1 aromatic rings. The average molecular weight is 405 g/mol. The van der Waals surface area contributed by atoms with E-state index < -0.39 is 18.2 Å². The third-order valence-corrected chi connectivity index (χ3v) is 5.24. The van der Waals surface area contributed by atoms with Gasteiger partial charge in [-0.1, -0.05) is 37.1 Å². The Bertz CT molecular complexity index is 719. The molecule has 29 heavy (non-hydrogen) atoms. The van der Waals surface area contributed by atoms with Crippen LogP contribution in [0.5, 0.6) is 0 Å². The number of aliphatic hydroxyl groups is 1. The van der Waals surface area contributed by atoms with Crippen LogP contribution in [0.4, 0.5) is 9.18 Å². The maximum absolute atomic E-state index is 12.9. The first-order chi connectivity index (χ1) is 14.0. The first-order valence-electron chi connectivity index (χ1n) is 10.1. The van der Waals surface area contributed by atoms with Gasteiger partial charge in [0.1, 0.15) is 11.9 Å². The minimum Gasteiger partial charge on any atom is -0.394 e. The van der Waals surface area contributed by atoms with Crippen molar-refractivity contribution in [3.05, 3.63) is 47.8 Å². The van der Waals surface area contributed by atoms with E-state index in [1.54, 1.807) is 24.3 Å². The van der Waals surface area contributed by atoms with Crippen LogP contribution in [0, 0.1) is 5.82 Å². The van der Waals surface area contributed by atoms with Gasteiger partial charge < -0.3 is 25.8 Å². The Balaban J connectivity index is 1.45. The number of carbonyl (C=O) groups is 2. The van der Waals surface area contributed by atoms with Crippen LogP contribution in [0.25, 0.3) is 0 Å². The number of rotatable bonds is 7. The van der Waals surface area contributed by atoms with Crippen molar-refractivity contribution >= 4 is 11.9 Å². The normalized spacial score (nSPS) is 24.3. The second-order valence-electron chi connectivity index (χ2n) is 7.51. The van der Waals surface area contributed by atoms with Gasteiger partial charge in [-0.25, -0.2) is 9.18 Å². The molecule has 1 fully saturated rings. The van der Waals surface area contributed by atoms with Crippen LogP contribution in [-0.4, -0.2) is 47.9 Å². The Kier molecular flexibility index (Phi) is 7.60. The third-order valence-electron chi connectivity index (χ3n) is 5.24. The summed E-state index contributed by atoms with van der Waals surface area (Å²) in [6, 6.07) is 5.38. The number of urea groups is 1. The van der Waals surface area contributed by atoms with Crippen LogP contribution in [0.1, 0.15) is 37.7 Å². The molecule has 1 heterocycles. The smallest absolute Gasteiger partial charge is 0.315 e. The van der Waals surface area contributed by atoms with Gasteiger partial charge >= 0.3 is 6.03 Å². The monoisotopic (exact) mass is 405 g/mol. The minimum absolute atomic E-state index is 0.0924. The van der Waals surface area contributed by atoms with Crippen LogP contribution in [-0.2, 0) is 16.1 Å². The molecule has 0 aromatic heterocycles. The Hall–Kier alpha value is -2.45. The Morgan fingerprint density at radius 3 is 2.52 bits per heavy atom. The fourth-order valence-corrected chi connectivity index (χ4v) is 3.64. The highest BCUT2D eigenvalue weighted by Crippen LogP contribution is 2.18. The van der Waals surface area contributed by atoms with E-state index in [1.807, 2.05) is 0 Å². The van der Waals surface area contributed by atoms with Crippen molar-refractivity contribution in [3.63, 3.8) is 0 Å². The predicted molar refractivity (Wildman–Crippen MR) is 105 cm³/mol. The summed E-state index contributed by atoms with van der Waals surface area (Å²) in [6.07, 6.45) is 6.70. The summed E-state index contributed by atoms with van der Waals surface area (Å²) in [4.78, 5) is 24.3. The number of hydrogen-bond donors (Lipinski definition) is 4. The Morgan fingerprint density at radius 2 is 1.83 bits per heavy atom. The molecule has 3 amide bonds. The first-order valence-corrected chi connectivity index (χ1v) is 10.1. The van der Waals surface area contributed by atoms with Crippen molar-refractivity contribution < 1.29 is 23.8 Å². The third kappa shape index (κ3) is 6.54. The molecule has 1 aliphatic heterocycles. The van der Waals surface area contributed by atoms with Crippen LogP contribution in [0.2, 0.25) is 0 Å². The molecule has 4 N–H and O–H groups in total. The molecule has 1 aliphatic carbocycles. The minimum atomic E-state index is -0.621. The molecule has 7 nitrogen and oxygen atoms in total. The van der Waals surface area contributed by atoms with Crippen molar-refractivity contribution in [1.82, 2.24) is 16.0 Å². The van der Waals surface area contributed by atoms with Crippen molar-refractivity contribution in [3.8, 4) is 0 Å². The highest BCUT2D eigenvalue weighted by atomic mass is 19.1. The zero-order chi connectivity index (χ0) is 20.6. The van der Waals surface area contributed by atoms with Gasteiger partial charge in [0.05, 0.1) is 25.2 Å². The fraction of sp³-hybridized carbons (Fsp3) is 0.524. The molecule has 3 rings (SSSR count). The maximum atomic E-state index is 12.9. The zero-order valence-electron chi connectivity index (χ0n) is 16.3. The van der Waals surface area contributed by atoms with Gasteiger partial charge in [0.2, 0.25) is 5.91 Å². The number of ether oxygens (including phenoxy) is 1. The lowest BCUT2D eigenvalue weighted by atomic mass is 10.0. The SMILES string of the molecule is O=C(C[C@H]1C=C[C@H](NC(=O)NC2CCCC2)[C@@H](CO)O1)NCc1ccc(F)cc1. The molecule has 158 valence electrons. The lowest BCUT2D eigenvalue weighted by Gasteiger charge is -2.32. The van der Waals surface area contributed by atoms with Crippen LogP contribution in [0.3, 0.4) is 0 Å². The van der Waals surface area contributed by atoms with Gasteiger partial charge in [-0.15, -0.1) is 0 Å².